The molecular formula is C9H17NO6P2. The SMILES string of the molecule is C.O=P(O)(O)N(CCc1ccccc1)P(=O)(O)O. The highest BCUT2D eigenvalue weighted by Gasteiger charge is 2.39. The summed E-state index contributed by atoms with van der Waals surface area (Å²) in [6.07, 6.45) is 0.136. The molecule has 0 spiro atoms. The van der Waals surface area contributed by atoms with Gasteiger partial charge in [0.05, 0.1) is 0 Å². The zero-order valence-electron chi connectivity index (χ0n) is 8.75. The summed E-state index contributed by atoms with van der Waals surface area (Å²) in [5, 5.41) is 0. The van der Waals surface area contributed by atoms with Crippen LogP contribution in [0, 0.1) is 0 Å². The zero-order chi connectivity index (χ0) is 13.1. The molecule has 0 heterocycles. The van der Waals surface area contributed by atoms with Gasteiger partial charge in [-0.25, -0.2) is 9.13 Å². The van der Waals surface area contributed by atoms with Crippen molar-refractivity contribution < 1.29 is 28.7 Å². The summed E-state index contributed by atoms with van der Waals surface area (Å²) in [4.78, 5) is 35.3. The Balaban J connectivity index is 0.00000289. The quantitative estimate of drug-likeness (QED) is 0.606. The molecule has 1 aromatic rings. The maximum absolute atomic E-state index is 10.9. The monoisotopic (exact) mass is 297 g/mol. The van der Waals surface area contributed by atoms with Crippen LogP contribution in [0.15, 0.2) is 30.3 Å². The summed E-state index contributed by atoms with van der Waals surface area (Å²) in [6, 6.07) is 8.64. The lowest BCUT2D eigenvalue weighted by atomic mass is 10.2. The number of rotatable bonds is 5. The first-order valence-electron chi connectivity index (χ1n) is 4.65. The molecule has 9 heteroatoms. The highest BCUT2D eigenvalue weighted by Crippen LogP contribution is 2.57. The van der Waals surface area contributed by atoms with E-state index in [2.05, 4.69) is 0 Å². The standard InChI is InChI=1S/C8H13NO6P2.CH4/c10-16(11,12)9(17(13,14)15)7-6-8-4-2-1-3-5-8;/h1-5H,6-7H2,(H2,10,11,12)(H2,13,14,15);1H4. The molecule has 1 aromatic carbocycles. The van der Waals surface area contributed by atoms with Gasteiger partial charge < -0.3 is 19.6 Å². The van der Waals surface area contributed by atoms with Crippen LogP contribution in [0.5, 0.6) is 0 Å². The number of nitrogens with zero attached hydrogens (tertiary/aromatic N) is 1. The molecule has 0 atom stereocenters. The van der Waals surface area contributed by atoms with Crippen LogP contribution in [0.25, 0.3) is 0 Å². The minimum atomic E-state index is -4.96. The third-order valence-corrected chi connectivity index (χ3v) is 5.05. The summed E-state index contributed by atoms with van der Waals surface area (Å²) in [7, 11) is -9.93. The van der Waals surface area contributed by atoms with Gasteiger partial charge in [0.2, 0.25) is 0 Å². The van der Waals surface area contributed by atoms with Crippen molar-refractivity contribution in [3.63, 3.8) is 0 Å². The van der Waals surface area contributed by atoms with Crippen LogP contribution in [0.3, 0.4) is 0 Å². The van der Waals surface area contributed by atoms with E-state index in [0.717, 1.165) is 5.56 Å². The van der Waals surface area contributed by atoms with Crippen molar-refractivity contribution >= 4 is 15.5 Å². The first-order chi connectivity index (χ1) is 7.71. The highest BCUT2D eigenvalue weighted by molar-refractivity contribution is 7.65. The van der Waals surface area contributed by atoms with Crippen LogP contribution in [0.1, 0.15) is 13.0 Å². The number of benzene rings is 1. The highest BCUT2D eigenvalue weighted by atomic mass is 31.3. The molecule has 0 aromatic heterocycles. The van der Waals surface area contributed by atoms with Crippen LogP contribution >= 0.6 is 15.5 Å². The van der Waals surface area contributed by atoms with Crippen molar-refractivity contribution in [1.29, 1.82) is 0 Å². The lowest BCUT2D eigenvalue weighted by Gasteiger charge is -2.23. The normalized spacial score (nSPS) is 12.3. The van der Waals surface area contributed by atoms with Crippen LogP contribution in [0.2, 0.25) is 0 Å². The Morgan fingerprint density at radius 1 is 0.944 bits per heavy atom. The van der Waals surface area contributed by atoms with E-state index >= 15 is 0 Å². The molecule has 4 N–H and O–H groups in total. The van der Waals surface area contributed by atoms with Crippen LogP contribution in [-0.4, -0.2) is 30.6 Å². The summed E-state index contributed by atoms with van der Waals surface area (Å²) in [6.45, 7) is -0.418. The molecular weight excluding hydrogens is 280 g/mol. The van der Waals surface area contributed by atoms with E-state index in [9.17, 15) is 9.13 Å². The molecule has 0 aliphatic carbocycles. The molecule has 0 aliphatic heterocycles. The van der Waals surface area contributed by atoms with E-state index in [1.165, 1.54) is 0 Å². The van der Waals surface area contributed by atoms with Gasteiger partial charge in [-0.05, 0) is 12.0 Å². The fourth-order valence-electron chi connectivity index (χ4n) is 1.29. The Hall–Kier alpha value is -0.520. The minimum absolute atomic E-state index is 0. The van der Waals surface area contributed by atoms with Crippen LogP contribution in [-0.2, 0) is 15.6 Å². The molecule has 0 fully saturated rings. The minimum Gasteiger partial charge on any atom is -0.312 e. The molecule has 0 unspecified atom stereocenters. The lowest BCUT2D eigenvalue weighted by Crippen LogP contribution is -2.19. The molecule has 0 saturated heterocycles. The van der Waals surface area contributed by atoms with Crippen LogP contribution < -0.4 is 0 Å². The molecule has 0 radical (unpaired) electrons. The van der Waals surface area contributed by atoms with Crippen molar-refractivity contribution in [2.24, 2.45) is 0 Å². The van der Waals surface area contributed by atoms with Crippen molar-refractivity contribution in [3.8, 4) is 0 Å². The lowest BCUT2D eigenvalue weighted by molar-refractivity contribution is 0.270. The Bertz CT molecular complexity index is 431. The van der Waals surface area contributed by atoms with E-state index in [4.69, 9.17) is 19.6 Å². The fraction of sp³-hybridized carbons (Fsp3) is 0.333. The zero-order valence-corrected chi connectivity index (χ0v) is 10.5. The van der Waals surface area contributed by atoms with Gasteiger partial charge in [0.25, 0.3) is 0 Å². The second-order valence-electron chi connectivity index (χ2n) is 3.36. The molecule has 0 amide bonds. The first kappa shape index (κ1) is 17.5. The average molecular weight is 297 g/mol. The summed E-state index contributed by atoms with van der Waals surface area (Å²) < 4.78 is 21.8. The third-order valence-electron chi connectivity index (χ3n) is 2.04. The molecule has 0 aliphatic rings. The second kappa shape index (κ2) is 6.59. The van der Waals surface area contributed by atoms with Crippen molar-refractivity contribution in [2.45, 2.75) is 13.8 Å². The molecule has 0 bridgehead atoms. The number of hydrogen-bond donors (Lipinski definition) is 4. The van der Waals surface area contributed by atoms with Crippen molar-refractivity contribution in [2.75, 3.05) is 6.54 Å². The van der Waals surface area contributed by atoms with Crippen molar-refractivity contribution in [3.05, 3.63) is 35.9 Å². The van der Waals surface area contributed by atoms with E-state index in [1.807, 2.05) is 0 Å². The summed E-state index contributed by atoms with van der Waals surface area (Å²) >= 11 is 0. The van der Waals surface area contributed by atoms with Gasteiger partial charge in [-0.3, -0.25) is 0 Å². The van der Waals surface area contributed by atoms with E-state index in [1.54, 1.807) is 30.3 Å². The summed E-state index contributed by atoms with van der Waals surface area (Å²) in [5.74, 6) is 0. The van der Waals surface area contributed by atoms with Crippen LogP contribution in [0.4, 0.5) is 0 Å². The number of hydrogen-bond acceptors (Lipinski definition) is 2. The fourth-order valence-corrected chi connectivity index (χ4v) is 3.22. The Morgan fingerprint density at radius 2 is 1.39 bits per heavy atom. The van der Waals surface area contributed by atoms with Gasteiger partial charge in [-0.2, -0.15) is 0 Å². The predicted octanol–water partition coefficient (Wildman–Crippen LogP) is 1.35. The van der Waals surface area contributed by atoms with Gasteiger partial charge >= 0.3 is 15.5 Å². The Labute approximate surface area is 106 Å². The van der Waals surface area contributed by atoms with E-state index in [-0.39, 0.29) is 18.3 Å². The third kappa shape index (κ3) is 5.42. The molecule has 1 rings (SSSR count). The van der Waals surface area contributed by atoms with Gasteiger partial charge in [0, 0.05) is 6.54 Å². The largest absolute Gasteiger partial charge is 0.412 e. The molecule has 104 valence electrons. The second-order valence-corrected chi connectivity index (χ2v) is 6.69. The van der Waals surface area contributed by atoms with Gasteiger partial charge in [-0.1, -0.05) is 37.8 Å². The first-order valence-corrected chi connectivity index (χ1v) is 7.78. The molecule has 18 heavy (non-hydrogen) atoms. The smallest absolute Gasteiger partial charge is 0.312 e. The van der Waals surface area contributed by atoms with Gasteiger partial charge in [-0.15, -0.1) is 4.44 Å². The maximum atomic E-state index is 10.9. The van der Waals surface area contributed by atoms with Gasteiger partial charge in [0.1, 0.15) is 0 Å². The maximum Gasteiger partial charge on any atom is 0.412 e. The Kier molecular flexibility index (Phi) is 6.40. The molecule has 7 nitrogen and oxygen atoms in total. The summed E-state index contributed by atoms with van der Waals surface area (Å²) in [5.41, 5.74) is 0.736. The average Bonchev–Trinajstić information content (AvgIpc) is 2.15. The van der Waals surface area contributed by atoms with E-state index < -0.39 is 22.0 Å². The van der Waals surface area contributed by atoms with Gasteiger partial charge in [0.15, 0.2) is 0 Å². The Morgan fingerprint density at radius 3 is 1.78 bits per heavy atom. The van der Waals surface area contributed by atoms with E-state index in [0.29, 0.717) is 0 Å². The predicted molar refractivity (Wildman–Crippen MR) is 67.7 cm³/mol. The topological polar surface area (TPSA) is 118 Å². The van der Waals surface area contributed by atoms with Crippen molar-refractivity contribution in [1.82, 2.24) is 4.44 Å². The molecule has 0 saturated carbocycles.